The molecule has 2 aromatic rings. The fourth-order valence-corrected chi connectivity index (χ4v) is 2.20. The molecule has 4 nitrogen and oxygen atoms in total. The van der Waals surface area contributed by atoms with E-state index in [1.165, 1.54) is 0 Å². The van der Waals surface area contributed by atoms with Gasteiger partial charge in [-0.2, -0.15) is 0 Å². The number of hydrogen-bond donors (Lipinski definition) is 1. The Labute approximate surface area is 124 Å². The van der Waals surface area contributed by atoms with E-state index in [1.54, 1.807) is 39.5 Å². The van der Waals surface area contributed by atoms with E-state index < -0.39 is 6.10 Å². The fourth-order valence-electron chi connectivity index (χ4n) is 2.20. The minimum atomic E-state index is -0.745. The fraction of sp³-hybridized carbons (Fsp3) is 0.294. The van der Waals surface area contributed by atoms with Gasteiger partial charge >= 0.3 is 0 Å². The number of aliphatic hydroxyl groups is 1. The molecule has 0 aliphatic rings. The van der Waals surface area contributed by atoms with Crippen molar-refractivity contribution in [2.24, 2.45) is 0 Å². The Morgan fingerprint density at radius 3 is 2.14 bits per heavy atom. The SMILES string of the molecule is COCc1cccc(C(O)c2cc(OC)cc(OC)c2)c1. The Kier molecular flexibility index (Phi) is 5.20. The third kappa shape index (κ3) is 3.74. The van der Waals surface area contributed by atoms with Gasteiger partial charge in [0.25, 0.3) is 0 Å². The van der Waals surface area contributed by atoms with Crippen LogP contribution in [0.2, 0.25) is 0 Å². The van der Waals surface area contributed by atoms with Gasteiger partial charge in [0.15, 0.2) is 0 Å². The Morgan fingerprint density at radius 2 is 1.57 bits per heavy atom. The minimum absolute atomic E-state index is 0.516. The van der Waals surface area contributed by atoms with Crippen LogP contribution in [-0.2, 0) is 11.3 Å². The Hall–Kier alpha value is -2.04. The monoisotopic (exact) mass is 288 g/mol. The summed E-state index contributed by atoms with van der Waals surface area (Å²) in [5.41, 5.74) is 2.55. The first-order chi connectivity index (χ1) is 10.2. The molecular weight excluding hydrogens is 268 g/mol. The number of rotatable bonds is 6. The largest absolute Gasteiger partial charge is 0.497 e. The Bertz CT molecular complexity index is 573. The second-order valence-corrected chi connectivity index (χ2v) is 4.73. The molecule has 2 aromatic carbocycles. The van der Waals surface area contributed by atoms with Crippen LogP contribution in [0.1, 0.15) is 22.8 Å². The van der Waals surface area contributed by atoms with Gasteiger partial charge in [0.1, 0.15) is 17.6 Å². The molecule has 0 aromatic heterocycles. The second kappa shape index (κ2) is 7.11. The maximum absolute atomic E-state index is 10.6. The Balaban J connectivity index is 2.34. The van der Waals surface area contributed by atoms with Gasteiger partial charge in [0.05, 0.1) is 20.8 Å². The van der Waals surface area contributed by atoms with Crippen molar-refractivity contribution in [2.45, 2.75) is 12.7 Å². The minimum Gasteiger partial charge on any atom is -0.497 e. The van der Waals surface area contributed by atoms with Crippen LogP contribution < -0.4 is 9.47 Å². The summed E-state index contributed by atoms with van der Waals surface area (Å²) in [6, 6.07) is 13.1. The predicted octanol–water partition coefficient (Wildman–Crippen LogP) is 2.93. The van der Waals surface area contributed by atoms with Gasteiger partial charge in [-0.3, -0.25) is 0 Å². The quantitative estimate of drug-likeness (QED) is 0.888. The third-order valence-corrected chi connectivity index (χ3v) is 3.27. The summed E-state index contributed by atoms with van der Waals surface area (Å²) < 4.78 is 15.6. The van der Waals surface area contributed by atoms with Gasteiger partial charge in [-0.15, -0.1) is 0 Å². The average Bonchev–Trinajstić information content (AvgIpc) is 2.54. The van der Waals surface area contributed by atoms with Gasteiger partial charge in [0, 0.05) is 13.2 Å². The number of aliphatic hydroxyl groups excluding tert-OH is 1. The van der Waals surface area contributed by atoms with Crippen molar-refractivity contribution >= 4 is 0 Å². The van der Waals surface area contributed by atoms with Crippen molar-refractivity contribution < 1.29 is 19.3 Å². The maximum Gasteiger partial charge on any atom is 0.122 e. The molecule has 0 saturated carbocycles. The number of ether oxygens (including phenoxy) is 3. The molecule has 4 heteroatoms. The lowest BCUT2D eigenvalue weighted by Crippen LogP contribution is -2.02. The van der Waals surface area contributed by atoms with E-state index in [2.05, 4.69) is 0 Å². The highest BCUT2D eigenvalue weighted by atomic mass is 16.5. The molecule has 2 rings (SSSR count). The summed E-state index contributed by atoms with van der Waals surface area (Å²) >= 11 is 0. The molecule has 1 atom stereocenters. The molecule has 0 aliphatic heterocycles. The molecule has 0 aliphatic carbocycles. The van der Waals surface area contributed by atoms with Gasteiger partial charge in [-0.05, 0) is 28.8 Å². The first kappa shape index (κ1) is 15.4. The molecular formula is C17H20O4. The maximum atomic E-state index is 10.6. The lowest BCUT2D eigenvalue weighted by molar-refractivity contribution is 0.184. The normalized spacial score (nSPS) is 12.0. The summed E-state index contributed by atoms with van der Waals surface area (Å²) in [6.45, 7) is 0.516. The number of methoxy groups -OCH3 is 3. The summed E-state index contributed by atoms with van der Waals surface area (Å²) in [5, 5.41) is 10.6. The molecule has 0 radical (unpaired) electrons. The van der Waals surface area contributed by atoms with Crippen LogP contribution in [-0.4, -0.2) is 26.4 Å². The molecule has 0 fully saturated rings. The van der Waals surface area contributed by atoms with E-state index in [0.29, 0.717) is 18.1 Å². The molecule has 1 unspecified atom stereocenters. The molecule has 0 bridgehead atoms. The third-order valence-electron chi connectivity index (χ3n) is 3.27. The molecule has 0 amide bonds. The van der Waals surface area contributed by atoms with Crippen LogP contribution in [0.15, 0.2) is 42.5 Å². The summed E-state index contributed by atoms with van der Waals surface area (Å²) in [4.78, 5) is 0. The molecule has 112 valence electrons. The first-order valence-electron chi connectivity index (χ1n) is 6.66. The summed E-state index contributed by atoms with van der Waals surface area (Å²) in [5.74, 6) is 1.30. The highest BCUT2D eigenvalue weighted by Gasteiger charge is 2.13. The second-order valence-electron chi connectivity index (χ2n) is 4.73. The molecule has 0 spiro atoms. The van der Waals surface area contributed by atoms with Gasteiger partial charge < -0.3 is 19.3 Å². The van der Waals surface area contributed by atoms with Crippen molar-refractivity contribution in [1.29, 1.82) is 0 Å². The molecule has 21 heavy (non-hydrogen) atoms. The van der Waals surface area contributed by atoms with Crippen LogP contribution in [0.3, 0.4) is 0 Å². The zero-order valence-corrected chi connectivity index (χ0v) is 12.5. The van der Waals surface area contributed by atoms with E-state index in [4.69, 9.17) is 14.2 Å². The van der Waals surface area contributed by atoms with E-state index in [0.717, 1.165) is 16.7 Å². The van der Waals surface area contributed by atoms with Crippen LogP contribution in [0.25, 0.3) is 0 Å². The number of hydrogen-bond acceptors (Lipinski definition) is 4. The van der Waals surface area contributed by atoms with Gasteiger partial charge in [-0.1, -0.05) is 24.3 Å². The topological polar surface area (TPSA) is 47.9 Å². The van der Waals surface area contributed by atoms with Crippen LogP contribution in [0.4, 0.5) is 0 Å². The van der Waals surface area contributed by atoms with Gasteiger partial charge in [-0.25, -0.2) is 0 Å². The zero-order chi connectivity index (χ0) is 15.2. The van der Waals surface area contributed by atoms with Crippen molar-refractivity contribution in [3.63, 3.8) is 0 Å². The van der Waals surface area contributed by atoms with E-state index in [1.807, 2.05) is 24.3 Å². The smallest absolute Gasteiger partial charge is 0.122 e. The summed E-state index contributed by atoms with van der Waals surface area (Å²) in [6.07, 6.45) is -0.745. The van der Waals surface area contributed by atoms with E-state index in [9.17, 15) is 5.11 Å². The highest BCUT2D eigenvalue weighted by Crippen LogP contribution is 2.30. The van der Waals surface area contributed by atoms with Crippen molar-refractivity contribution in [1.82, 2.24) is 0 Å². The van der Waals surface area contributed by atoms with Crippen molar-refractivity contribution in [3.8, 4) is 11.5 Å². The Morgan fingerprint density at radius 1 is 0.905 bits per heavy atom. The molecule has 1 N–H and O–H groups in total. The number of benzene rings is 2. The van der Waals surface area contributed by atoms with Crippen LogP contribution in [0.5, 0.6) is 11.5 Å². The first-order valence-corrected chi connectivity index (χ1v) is 6.66. The summed E-state index contributed by atoms with van der Waals surface area (Å²) in [7, 11) is 4.82. The average molecular weight is 288 g/mol. The van der Waals surface area contributed by atoms with E-state index in [-0.39, 0.29) is 0 Å². The lowest BCUT2D eigenvalue weighted by Gasteiger charge is -2.15. The molecule has 0 heterocycles. The zero-order valence-electron chi connectivity index (χ0n) is 12.5. The van der Waals surface area contributed by atoms with Crippen LogP contribution >= 0.6 is 0 Å². The van der Waals surface area contributed by atoms with Crippen LogP contribution in [0, 0.1) is 0 Å². The van der Waals surface area contributed by atoms with Crippen molar-refractivity contribution in [3.05, 3.63) is 59.2 Å². The highest BCUT2D eigenvalue weighted by molar-refractivity contribution is 5.42. The van der Waals surface area contributed by atoms with Crippen molar-refractivity contribution in [2.75, 3.05) is 21.3 Å². The van der Waals surface area contributed by atoms with Gasteiger partial charge in [0.2, 0.25) is 0 Å². The lowest BCUT2D eigenvalue weighted by atomic mass is 9.99. The predicted molar refractivity (Wildman–Crippen MR) is 80.8 cm³/mol. The standard InChI is InChI=1S/C17H20O4/c1-19-11-12-5-4-6-13(7-12)17(18)14-8-15(20-2)10-16(9-14)21-3/h4-10,17-18H,11H2,1-3H3. The molecule has 0 saturated heterocycles. The van der Waals surface area contributed by atoms with E-state index >= 15 is 0 Å².